The van der Waals surface area contributed by atoms with E-state index in [4.69, 9.17) is 4.74 Å². The van der Waals surface area contributed by atoms with E-state index in [-0.39, 0.29) is 22.4 Å². The van der Waals surface area contributed by atoms with Crippen LogP contribution in [0.3, 0.4) is 0 Å². The summed E-state index contributed by atoms with van der Waals surface area (Å²) in [5, 5.41) is 5.38. The van der Waals surface area contributed by atoms with Gasteiger partial charge in [-0.2, -0.15) is 0 Å². The van der Waals surface area contributed by atoms with E-state index in [0.717, 1.165) is 4.90 Å². The molecule has 0 bridgehead atoms. The summed E-state index contributed by atoms with van der Waals surface area (Å²) in [5.74, 6) is -2.83. The summed E-state index contributed by atoms with van der Waals surface area (Å²) in [6.07, 6.45) is 1.56. The normalized spacial score (nSPS) is 12.5. The fourth-order valence-electron chi connectivity index (χ4n) is 4.11. The highest BCUT2D eigenvalue weighted by Crippen LogP contribution is 2.22. The Bertz CT molecular complexity index is 1630. The van der Waals surface area contributed by atoms with Crippen molar-refractivity contribution in [2.45, 2.75) is 0 Å². The van der Waals surface area contributed by atoms with Crippen molar-refractivity contribution in [2.24, 2.45) is 0 Å². The zero-order valence-corrected chi connectivity index (χ0v) is 21.6. The first-order chi connectivity index (χ1) is 19.9. The molecule has 0 saturated carbocycles. The highest BCUT2D eigenvalue weighted by Gasteiger charge is 2.35. The van der Waals surface area contributed by atoms with Crippen molar-refractivity contribution < 1.29 is 28.7 Å². The predicted octanol–water partition coefficient (Wildman–Crippen LogP) is 4.51. The molecule has 9 nitrogen and oxygen atoms in total. The molecule has 9 heteroatoms. The fraction of sp³-hybridized carbons (Fsp3) is 0.0312. The molecule has 1 heterocycles. The molecule has 0 atom stereocenters. The minimum Gasteiger partial charge on any atom is -0.440 e. The molecule has 202 valence electrons. The standard InChI is InChI=1S/C32H23N3O6/c36-28(22-11-5-2-6-12-22)34-27(19-21-9-3-1-4-10-21)29(37)33-24-17-15-23(16-18-24)32(40)41-20-35-30(38)25-13-7-8-14-26(25)31(35)39/h1-19H,20H2,(H,33,37)(H,34,36)/b27-19+. The highest BCUT2D eigenvalue weighted by molar-refractivity contribution is 6.21. The predicted molar refractivity (Wildman–Crippen MR) is 151 cm³/mol. The average molecular weight is 546 g/mol. The molecule has 4 aromatic rings. The lowest BCUT2D eigenvalue weighted by atomic mass is 10.1. The van der Waals surface area contributed by atoms with Gasteiger partial charge in [0.1, 0.15) is 5.70 Å². The van der Waals surface area contributed by atoms with Crippen molar-refractivity contribution in [1.29, 1.82) is 0 Å². The molecule has 2 N–H and O–H groups in total. The molecule has 0 unspecified atom stereocenters. The summed E-state index contributed by atoms with van der Waals surface area (Å²) in [6, 6.07) is 29.8. The van der Waals surface area contributed by atoms with Gasteiger partial charge in [-0.15, -0.1) is 0 Å². The summed E-state index contributed by atoms with van der Waals surface area (Å²) < 4.78 is 5.20. The number of benzene rings is 4. The first kappa shape index (κ1) is 26.8. The van der Waals surface area contributed by atoms with Gasteiger partial charge in [0.05, 0.1) is 16.7 Å². The second-order valence-corrected chi connectivity index (χ2v) is 8.97. The van der Waals surface area contributed by atoms with E-state index in [2.05, 4.69) is 10.6 Å². The molecular weight excluding hydrogens is 522 g/mol. The van der Waals surface area contributed by atoms with Crippen LogP contribution in [0.25, 0.3) is 6.08 Å². The molecule has 0 saturated heterocycles. The Morgan fingerprint density at radius 2 is 1.24 bits per heavy atom. The van der Waals surface area contributed by atoms with Gasteiger partial charge >= 0.3 is 5.97 Å². The molecule has 0 aromatic heterocycles. The molecule has 0 fully saturated rings. The van der Waals surface area contributed by atoms with Crippen molar-refractivity contribution in [1.82, 2.24) is 10.2 Å². The van der Waals surface area contributed by atoms with E-state index in [0.29, 0.717) is 16.8 Å². The minimum atomic E-state index is -0.751. The average Bonchev–Trinajstić information content (AvgIpc) is 3.25. The Labute approximate surface area is 235 Å². The number of imide groups is 1. The summed E-state index contributed by atoms with van der Waals surface area (Å²) in [5.41, 5.74) is 2.15. The van der Waals surface area contributed by atoms with Crippen LogP contribution in [-0.4, -0.2) is 41.2 Å². The van der Waals surface area contributed by atoms with Gasteiger partial charge in [-0.05, 0) is 60.2 Å². The number of hydrogen-bond donors (Lipinski definition) is 2. The zero-order valence-electron chi connectivity index (χ0n) is 21.6. The highest BCUT2D eigenvalue weighted by atomic mass is 16.5. The van der Waals surface area contributed by atoms with Crippen LogP contribution in [0.2, 0.25) is 0 Å². The summed E-state index contributed by atoms with van der Waals surface area (Å²) in [7, 11) is 0. The molecule has 41 heavy (non-hydrogen) atoms. The summed E-state index contributed by atoms with van der Waals surface area (Å²) >= 11 is 0. The smallest absolute Gasteiger partial charge is 0.339 e. The Morgan fingerprint density at radius 1 is 0.683 bits per heavy atom. The first-order valence-corrected chi connectivity index (χ1v) is 12.6. The lowest BCUT2D eigenvalue weighted by molar-refractivity contribution is -0.113. The second-order valence-electron chi connectivity index (χ2n) is 8.97. The van der Waals surface area contributed by atoms with Crippen molar-refractivity contribution in [2.75, 3.05) is 12.0 Å². The van der Waals surface area contributed by atoms with Crippen molar-refractivity contribution in [3.05, 3.63) is 143 Å². The Morgan fingerprint density at radius 3 is 1.85 bits per heavy atom. The summed E-state index contributed by atoms with van der Waals surface area (Å²) in [4.78, 5) is 64.3. The van der Waals surface area contributed by atoms with Crippen LogP contribution in [0, 0.1) is 0 Å². The topological polar surface area (TPSA) is 122 Å². The van der Waals surface area contributed by atoms with Crippen LogP contribution in [0.15, 0.2) is 115 Å². The third kappa shape index (κ3) is 6.10. The number of carbonyl (C=O) groups excluding carboxylic acids is 5. The Kier molecular flexibility index (Phi) is 7.78. The Balaban J connectivity index is 1.24. The van der Waals surface area contributed by atoms with Crippen LogP contribution in [0.5, 0.6) is 0 Å². The van der Waals surface area contributed by atoms with Gasteiger partial charge in [-0.3, -0.25) is 19.2 Å². The number of nitrogens with one attached hydrogen (secondary N) is 2. The van der Waals surface area contributed by atoms with Gasteiger partial charge in [0.15, 0.2) is 6.73 Å². The molecule has 4 amide bonds. The molecular formula is C32H23N3O6. The van der Waals surface area contributed by atoms with Crippen LogP contribution in [0.4, 0.5) is 5.69 Å². The minimum absolute atomic E-state index is 0.0227. The molecule has 5 rings (SSSR count). The number of fused-ring (bicyclic) bond motifs is 1. The van der Waals surface area contributed by atoms with E-state index in [1.807, 2.05) is 18.2 Å². The van der Waals surface area contributed by atoms with E-state index >= 15 is 0 Å². The molecule has 1 aliphatic rings. The second kappa shape index (κ2) is 11.9. The van der Waals surface area contributed by atoms with Crippen LogP contribution in [-0.2, 0) is 9.53 Å². The number of carbonyl (C=O) groups is 5. The number of anilines is 1. The lowest BCUT2D eigenvalue weighted by Gasteiger charge is -2.14. The molecule has 1 aliphatic heterocycles. The van der Waals surface area contributed by atoms with E-state index < -0.39 is 36.3 Å². The largest absolute Gasteiger partial charge is 0.440 e. The van der Waals surface area contributed by atoms with Crippen molar-refractivity contribution in [3.8, 4) is 0 Å². The SMILES string of the molecule is O=C(Nc1ccc(C(=O)OCN2C(=O)c3ccccc3C2=O)cc1)/C(=C\c1ccccc1)NC(=O)c1ccccc1. The summed E-state index contributed by atoms with van der Waals surface area (Å²) in [6.45, 7) is -0.529. The monoisotopic (exact) mass is 545 g/mol. The quantitative estimate of drug-likeness (QED) is 0.191. The van der Waals surface area contributed by atoms with Crippen LogP contribution in [0.1, 0.15) is 47.0 Å². The van der Waals surface area contributed by atoms with Gasteiger partial charge in [-0.25, -0.2) is 9.69 Å². The van der Waals surface area contributed by atoms with Crippen LogP contribution < -0.4 is 10.6 Å². The van der Waals surface area contributed by atoms with Crippen molar-refractivity contribution in [3.63, 3.8) is 0 Å². The fourth-order valence-corrected chi connectivity index (χ4v) is 4.11. The maximum Gasteiger partial charge on any atom is 0.339 e. The van der Waals surface area contributed by atoms with Gasteiger partial charge in [0.2, 0.25) is 0 Å². The molecule has 4 aromatic carbocycles. The number of ether oxygens (including phenoxy) is 1. The van der Waals surface area contributed by atoms with Crippen molar-refractivity contribution >= 4 is 41.4 Å². The maximum absolute atomic E-state index is 13.2. The third-order valence-electron chi connectivity index (χ3n) is 6.22. The van der Waals surface area contributed by atoms with Gasteiger partial charge in [0.25, 0.3) is 23.6 Å². The number of nitrogens with zero attached hydrogens (tertiary/aromatic N) is 1. The number of esters is 1. The molecule has 0 spiro atoms. The van der Waals surface area contributed by atoms with Gasteiger partial charge in [-0.1, -0.05) is 60.7 Å². The lowest BCUT2D eigenvalue weighted by Crippen LogP contribution is -2.33. The number of amides is 4. The molecule has 0 radical (unpaired) electrons. The number of hydrogen-bond acceptors (Lipinski definition) is 6. The van der Waals surface area contributed by atoms with E-state index in [1.54, 1.807) is 60.7 Å². The zero-order chi connectivity index (χ0) is 28.8. The molecule has 0 aliphatic carbocycles. The number of rotatable bonds is 8. The van der Waals surface area contributed by atoms with Crippen LogP contribution >= 0.6 is 0 Å². The third-order valence-corrected chi connectivity index (χ3v) is 6.22. The van der Waals surface area contributed by atoms with E-state index in [9.17, 15) is 24.0 Å². The maximum atomic E-state index is 13.2. The first-order valence-electron chi connectivity index (χ1n) is 12.6. The van der Waals surface area contributed by atoms with Gasteiger partial charge < -0.3 is 15.4 Å². The Hall–Kier alpha value is -5.83. The van der Waals surface area contributed by atoms with Gasteiger partial charge in [0, 0.05) is 11.3 Å². The van der Waals surface area contributed by atoms with E-state index in [1.165, 1.54) is 36.4 Å².